The van der Waals surface area contributed by atoms with Gasteiger partial charge in [-0.25, -0.2) is 4.98 Å². The van der Waals surface area contributed by atoms with Crippen molar-refractivity contribution < 1.29 is 0 Å². The summed E-state index contributed by atoms with van der Waals surface area (Å²) >= 11 is 0. The lowest BCUT2D eigenvalue weighted by atomic mass is 9.85. The van der Waals surface area contributed by atoms with Crippen LogP contribution in [-0.4, -0.2) is 4.98 Å². The summed E-state index contributed by atoms with van der Waals surface area (Å²) in [6.45, 7) is 14.3. The second kappa shape index (κ2) is 6.57. The number of aromatic nitrogens is 1. The van der Waals surface area contributed by atoms with Gasteiger partial charge >= 0.3 is 0 Å². The van der Waals surface area contributed by atoms with Gasteiger partial charge in [0.2, 0.25) is 0 Å². The van der Waals surface area contributed by atoms with Crippen molar-refractivity contribution >= 4 is 5.57 Å². The highest BCUT2D eigenvalue weighted by Crippen LogP contribution is 2.29. The molecule has 0 radical (unpaired) electrons. The molecule has 0 saturated carbocycles. The van der Waals surface area contributed by atoms with Gasteiger partial charge < -0.3 is 0 Å². The molecule has 0 aliphatic carbocycles. The first-order chi connectivity index (χ1) is 10.5. The molecule has 0 bridgehead atoms. The van der Waals surface area contributed by atoms with Crippen molar-refractivity contribution in [2.45, 2.75) is 26.2 Å². The minimum atomic E-state index is 0.0572. The van der Waals surface area contributed by atoms with Gasteiger partial charge in [-0.2, -0.15) is 0 Å². The highest BCUT2D eigenvalue weighted by molar-refractivity contribution is 5.75. The van der Waals surface area contributed by atoms with Crippen LogP contribution in [0.15, 0.2) is 73.9 Å². The molecule has 1 heteroatoms. The third-order valence-electron chi connectivity index (χ3n) is 3.57. The van der Waals surface area contributed by atoms with Crippen LogP contribution in [0.3, 0.4) is 0 Å². The molecule has 2 rings (SSSR count). The summed E-state index contributed by atoms with van der Waals surface area (Å²) in [4.78, 5) is 4.82. The Morgan fingerprint density at radius 1 is 1.05 bits per heavy atom. The minimum Gasteiger partial charge on any atom is -0.248 e. The second-order valence-electron chi connectivity index (χ2n) is 6.30. The van der Waals surface area contributed by atoms with Crippen LogP contribution in [0.25, 0.3) is 16.8 Å². The van der Waals surface area contributed by atoms with Gasteiger partial charge in [0, 0.05) is 5.56 Å². The van der Waals surface area contributed by atoms with Crippen molar-refractivity contribution in [2.24, 2.45) is 0 Å². The van der Waals surface area contributed by atoms with E-state index in [-0.39, 0.29) is 5.41 Å². The van der Waals surface area contributed by atoms with Crippen LogP contribution in [0.4, 0.5) is 0 Å². The van der Waals surface area contributed by atoms with E-state index in [1.54, 1.807) is 6.08 Å². The molecule has 1 nitrogen and oxygen atoms in total. The van der Waals surface area contributed by atoms with Crippen LogP contribution in [0, 0.1) is 0 Å². The number of pyridine rings is 1. The van der Waals surface area contributed by atoms with Crippen molar-refractivity contribution in [3.8, 4) is 11.3 Å². The van der Waals surface area contributed by atoms with Crippen LogP contribution in [0.2, 0.25) is 0 Å². The van der Waals surface area contributed by atoms with Gasteiger partial charge in [-0.1, -0.05) is 82.5 Å². The Hall–Kier alpha value is -2.41. The Morgan fingerprint density at radius 3 is 2.27 bits per heavy atom. The summed E-state index contributed by atoms with van der Waals surface area (Å²) in [5.74, 6) is 0. The van der Waals surface area contributed by atoms with Crippen molar-refractivity contribution in [1.82, 2.24) is 4.98 Å². The van der Waals surface area contributed by atoms with Crippen molar-refractivity contribution in [3.63, 3.8) is 0 Å². The van der Waals surface area contributed by atoms with Crippen LogP contribution in [0.5, 0.6) is 0 Å². The maximum atomic E-state index is 4.82. The molecule has 0 amide bonds. The van der Waals surface area contributed by atoms with Gasteiger partial charge in [0.1, 0.15) is 0 Å². The molecule has 1 heterocycles. The third-order valence-corrected chi connectivity index (χ3v) is 3.57. The van der Waals surface area contributed by atoms with E-state index in [0.29, 0.717) is 0 Å². The van der Waals surface area contributed by atoms with E-state index in [0.717, 1.165) is 22.5 Å². The molecule has 22 heavy (non-hydrogen) atoms. The maximum absolute atomic E-state index is 4.82. The van der Waals surface area contributed by atoms with Gasteiger partial charge in [0.15, 0.2) is 0 Å². The lowest BCUT2D eigenvalue weighted by Crippen LogP contribution is -2.12. The average molecular weight is 289 g/mol. The Balaban J connectivity index is 2.67. The lowest BCUT2D eigenvalue weighted by Gasteiger charge is -2.21. The Labute approximate surface area is 133 Å². The quantitative estimate of drug-likeness (QED) is 0.648. The van der Waals surface area contributed by atoms with Crippen LogP contribution in [0.1, 0.15) is 32.0 Å². The molecular weight excluding hydrogens is 266 g/mol. The van der Waals surface area contributed by atoms with E-state index in [1.807, 2.05) is 30.4 Å². The number of nitrogens with zero attached hydrogens (tertiary/aromatic N) is 1. The summed E-state index contributed by atoms with van der Waals surface area (Å²) in [5, 5.41) is 0. The first-order valence-corrected chi connectivity index (χ1v) is 7.49. The topological polar surface area (TPSA) is 12.9 Å². The number of hydrogen-bond donors (Lipinski definition) is 0. The summed E-state index contributed by atoms with van der Waals surface area (Å²) < 4.78 is 0. The normalized spacial score (nSPS) is 12.0. The number of allylic oxidation sites excluding steroid dienone is 4. The van der Waals surface area contributed by atoms with E-state index in [9.17, 15) is 0 Å². The predicted molar refractivity (Wildman–Crippen MR) is 96.7 cm³/mol. The number of benzene rings is 1. The molecule has 0 atom stereocenters. The van der Waals surface area contributed by atoms with E-state index in [4.69, 9.17) is 4.98 Å². The summed E-state index contributed by atoms with van der Waals surface area (Å²) in [6, 6.07) is 14.6. The van der Waals surface area contributed by atoms with Crippen molar-refractivity contribution in [1.29, 1.82) is 0 Å². The molecule has 0 spiro atoms. The summed E-state index contributed by atoms with van der Waals surface area (Å²) in [6.07, 6.45) is 5.53. The smallest absolute Gasteiger partial charge is 0.0712 e. The first-order valence-electron chi connectivity index (χ1n) is 7.49. The zero-order valence-corrected chi connectivity index (χ0v) is 13.6. The molecule has 0 aliphatic heterocycles. The molecule has 0 saturated heterocycles. The highest BCUT2D eigenvalue weighted by Gasteiger charge is 2.17. The zero-order chi connectivity index (χ0) is 16.2. The van der Waals surface area contributed by atoms with E-state index in [1.165, 1.54) is 5.56 Å². The molecule has 1 aromatic heterocycles. The summed E-state index contributed by atoms with van der Waals surface area (Å²) in [7, 11) is 0. The lowest BCUT2D eigenvalue weighted by molar-refractivity contribution is 0.589. The highest BCUT2D eigenvalue weighted by atomic mass is 14.7. The third kappa shape index (κ3) is 3.62. The second-order valence-corrected chi connectivity index (χ2v) is 6.30. The molecular formula is C21H23N. The Morgan fingerprint density at radius 2 is 1.73 bits per heavy atom. The van der Waals surface area contributed by atoms with Crippen molar-refractivity contribution in [3.05, 3.63) is 85.1 Å². The molecule has 0 N–H and O–H groups in total. The molecule has 2 aromatic rings. The monoisotopic (exact) mass is 289 g/mol. The molecule has 112 valence electrons. The minimum absolute atomic E-state index is 0.0572. The fourth-order valence-corrected chi connectivity index (χ4v) is 2.25. The van der Waals surface area contributed by atoms with E-state index < -0.39 is 0 Å². The van der Waals surface area contributed by atoms with Gasteiger partial charge in [0.05, 0.1) is 11.4 Å². The molecule has 0 fully saturated rings. The standard InChI is InChI=1S/C21H23N/c1-6-11-16(7-2)19-14-18(21(3,4)5)15-20(22-19)17-12-9-8-10-13-17/h6-15H,1-2H2,3-5H3/b16-11+. The first kappa shape index (κ1) is 16.0. The maximum Gasteiger partial charge on any atom is 0.0712 e. The van der Waals surface area contributed by atoms with Crippen LogP contribution >= 0.6 is 0 Å². The Kier molecular flexibility index (Phi) is 4.77. The van der Waals surface area contributed by atoms with E-state index >= 15 is 0 Å². The van der Waals surface area contributed by atoms with Gasteiger partial charge in [-0.15, -0.1) is 0 Å². The SMILES string of the molecule is C=C/C=C(\C=C)c1cc(C(C)(C)C)cc(-c2ccccc2)n1. The summed E-state index contributed by atoms with van der Waals surface area (Å²) in [5.41, 5.74) is 5.34. The average Bonchev–Trinajstić information content (AvgIpc) is 2.52. The van der Waals surface area contributed by atoms with Gasteiger partial charge in [0.25, 0.3) is 0 Å². The van der Waals surface area contributed by atoms with Gasteiger partial charge in [-0.05, 0) is 28.7 Å². The number of rotatable bonds is 4. The van der Waals surface area contributed by atoms with E-state index in [2.05, 4.69) is 58.2 Å². The largest absolute Gasteiger partial charge is 0.248 e. The zero-order valence-electron chi connectivity index (χ0n) is 13.6. The molecule has 0 unspecified atom stereocenters. The molecule has 1 aromatic carbocycles. The Bertz CT molecular complexity index is 700. The number of hydrogen-bond acceptors (Lipinski definition) is 1. The van der Waals surface area contributed by atoms with Crippen LogP contribution in [-0.2, 0) is 5.41 Å². The van der Waals surface area contributed by atoms with Crippen LogP contribution < -0.4 is 0 Å². The molecule has 0 aliphatic rings. The fraction of sp³-hybridized carbons (Fsp3) is 0.190. The fourth-order valence-electron chi connectivity index (χ4n) is 2.25. The van der Waals surface area contributed by atoms with Gasteiger partial charge in [-0.3, -0.25) is 0 Å². The predicted octanol–water partition coefficient (Wildman–Crippen LogP) is 5.80. The van der Waals surface area contributed by atoms with Crippen molar-refractivity contribution in [2.75, 3.05) is 0 Å².